The second-order valence-corrected chi connectivity index (χ2v) is 4.88. The van der Waals surface area contributed by atoms with E-state index in [1.807, 2.05) is 0 Å². The van der Waals surface area contributed by atoms with Gasteiger partial charge in [-0.3, -0.25) is 0 Å². The molecular formula is C16H15F3O2. The second kappa shape index (κ2) is 5.41. The van der Waals surface area contributed by atoms with Gasteiger partial charge in [-0.05, 0) is 42.3 Å². The summed E-state index contributed by atoms with van der Waals surface area (Å²) >= 11 is 0. The molecule has 0 aliphatic heterocycles. The molecule has 0 aromatic heterocycles. The molecule has 0 saturated heterocycles. The van der Waals surface area contributed by atoms with E-state index in [4.69, 9.17) is 4.74 Å². The third-order valence-corrected chi connectivity index (χ3v) is 3.41. The van der Waals surface area contributed by atoms with Crippen molar-refractivity contribution in [3.05, 3.63) is 65.2 Å². The van der Waals surface area contributed by atoms with E-state index < -0.39 is 17.3 Å². The lowest BCUT2D eigenvalue weighted by Gasteiger charge is -2.25. The SMILES string of the molecule is COc1cccc(C(C)(O)c2ccc(C(F)(F)F)cc2)c1. The third kappa shape index (κ3) is 3.19. The van der Waals surface area contributed by atoms with Crippen LogP contribution in [0.3, 0.4) is 0 Å². The Hall–Kier alpha value is -2.01. The van der Waals surface area contributed by atoms with Crippen LogP contribution in [-0.2, 0) is 11.8 Å². The summed E-state index contributed by atoms with van der Waals surface area (Å²) in [7, 11) is 1.51. The van der Waals surface area contributed by atoms with Crippen molar-refractivity contribution in [2.24, 2.45) is 0 Å². The smallest absolute Gasteiger partial charge is 0.416 e. The minimum Gasteiger partial charge on any atom is -0.497 e. The Morgan fingerprint density at radius 3 is 2.00 bits per heavy atom. The molecule has 2 aromatic carbocycles. The van der Waals surface area contributed by atoms with Gasteiger partial charge in [-0.1, -0.05) is 24.3 Å². The zero-order chi connectivity index (χ0) is 15.7. The van der Waals surface area contributed by atoms with E-state index in [2.05, 4.69) is 0 Å². The molecule has 0 amide bonds. The highest BCUT2D eigenvalue weighted by molar-refractivity contribution is 5.40. The predicted molar refractivity (Wildman–Crippen MR) is 73.1 cm³/mol. The average molecular weight is 296 g/mol. The Labute approximate surface area is 120 Å². The number of benzene rings is 2. The van der Waals surface area contributed by atoms with E-state index in [-0.39, 0.29) is 0 Å². The van der Waals surface area contributed by atoms with Crippen LogP contribution in [0.1, 0.15) is 23.6 Å². The largest absolute Gasteiger partial charge is 0.497 e. The summed E-state index contributed by atoms with van der Waals surface area (Å²) in [6.45, 7) is 1.53. The topological polar surface area (TPSA) is 29.5 Å². The Balaban J connectivity index is 2.38. The lowest BCUT2D eigenvalue weighted by atomic mass is 9.87. The van der Waals surface area contributed by atoms with Gasteiger partial charge in [-0.25, -0.2) is 0 Å². The third-order valence-electron chi connectivity index (χ3n) is 3.41. The van der Waals surface area contributed by atoms with E-state index in [0.717, 1.165) is 12.1 Å². The van der Waals surface area contributed by atoms with Crippen molar-refractivity contribution in [1.29, 1.82) is 0 Å². The van der Waals surface area contributed by atoms with Gasteiger partial charge in [0.25, 0.3) is 0 Å². The second-order valence-electron chi connectivity index (χ2n) is 4.88. The van der Waals surface area contributed by atoms with Crippen LogP contribution in [0.4, 0.5) is 13.2 Å². The van der Waals surface area contributed by atoms with Crippen LogP contribution in [0.5, 0.6) is 5.75 Å². The van der Waals surface area contributed by atoms with Crippen molar-refractivity contribution in [3.63, 3.8) is 0 Å². The zero-order valence-electron chi connectivity index (χ0n) is 11.6. The van der Waals surface area contributed by atoms with Crippen LogP contribution >= 0.6 is 0 Å². The summed E-state index contributed by atoms with van der Waals surface area (Å²) in [5.74, 6) is 0.569. The van der Waals surface area contributed by atoms with Gasteiger partial charge in [0.05, 0.1) is 12.7 Å². The molecule has 2 rings (SSSR count). The number of hydrogen-bond donors (Lipinski definition) is 1. The van der Waals surface area contributed by atoms with Crippen molar-refractivity contribution in [3.8, 4) is 5.75 Å². The van der Waals surface area contributed by atoms with Crippen LogP contribution in [0.2, 0.25) is 0 Å². The summed E-state index contributed by atoms with van der Waals surface area (Å²) in [5, 5.41) is 10.6. The molecule has 0 spiro atoms. The lowest BCUT2D eigenvalue weighted by molar-refractivity contribution is -0.137. The first kappa shape index (κ1) is 15.4. The van der Waals surface area contributed by atoms with Crippen molar-refractivity contribution in [1.82, 2.24) is 0 Å². The van der Waals surface area contributed by atoms with Crippen LogP contribution in [-0.4, -0.2) is 12.2 Å². The molecule has 0 aliphatic rings. The molecule has 2 aromatic rings. The number of hydrogen-bond acceptors (Lipinski definition) is 2. The summed E-state index contributed by atoms with van der Waals surface area (Å²) in [4.78, 5) is 0. The Morgan fingerprint density at radius 2 is 1.48 bits per heavy atom. The maximum Gasteiger partial charge on any atom is 0.416 e. The van der Waals surface area contributed by atoms with Gasteiger partial charge in [0.2, 0.25) is 0 Å². The minimum absolute atomic E-state index is 0.378. The maximum absolute atomic E-state index is 12.6. The molecule has 0 fully saturated rings. The number of ether oxygens (including phenoxy) is 1. The Morgan fingerprint density at radius 1 is 0.905 bits per heavy atom. The molecule has 1 N–H and O–H groups in total. The first-order valence-electron chi connectivity index (χ1n) is 6.30. The number of alkyl halides is 3. The molecule has 1 unspecified atom stereocenters. The minimum atomic E-state index is -4.39. The number of methoxy groups -OCH3 is 1. The summed E-state index contributed by atoms with van der Waals surface area (Å²) < 4.78 is 42.8. The summed E-state index contributed by atoms with van der Waals surface area (Å²) in [6.07, 6.45) is -4.39. The van der Waals surface area contributed by atoms with Gasteiger partial charge < -0.3 is 9.84 Å². The van der Waals surface area contributed by atoms with Crippen LogP contribution in [0.15, 0.2) is 48.5 Å². The van der Waals surface area contributed by atoms with Gasteiger partial charge in [0.1, 0.15) is 11.4 Å². The molecule has 0 bridgehead atoms. The summed E-state index contributed by atoms with van der Waals surface area (Å²) in [5.41, 5.74) is -1.23. The quantitative estimate of drug-likeness (QED) is 0.928. The Kier molecular flexibility index (Phi) is 3.96. The van der Waals surface area contributed by atoms with Gasteiger partial charge in [0, 0.05) is 0 Å². The number of aliphatic hydroxyl groups is 1. The fraction of sp³-hybridized carbons (Fsp3) is 0.250. The van der Waals surface area contributed by atoms with Crippen LogP contribution in [0, 0.1) is 0 Å². The van der Waals surface area contributed by atoms with Crippen LogP contribution in [0.25, 0.3) is 0 Å². The molecule has 0 saturated carbocycles. The van der Waals surface area contributed by atoms with Gasteiger partial charge >= 0.3 is 6.18 Å². The zero-order valence-corrected chi connectivity index (χ0v) is 11.6. The molecule has 2 nitrogen and oxygen atoms in total. The molecule has 0 aliphatic carbocycles. The Bertz CT molecular complexity index is 616. The van der Waals surface area contributed by atoms with E-state index in [1.54, 1.807) is 24.3 Å². The highest BCUT2D eigenvalue weighted by atomic mass is 19.4. The van der Waals surface area contributed by atoms with Gasteiger partial charge in [-0.15, -0.1) is 0 Å². The van der Waals surface area contributed by atoms with Gasteiger partial charge in [0.15, 0.2) is 0 Å². The van der Waals surface area contributed by atoms with E-state index in [1.165, 1.54) is 26.2 Å². The molecular weight excluding hydrogens is 281 g/mol. The normalized spacial score (nSPS) is 14.6. The first-order valence-corrected chi connectivity index (χ1v) is 6.30. The molecule has 0 radical (unpaired) electrons. The monoisotopic (exact) mass is 296 g/mol. The predicted octanol–water partition coefficient (Wildman–Crippen LogP) is 3.97. The van der Waals surface area contributed by atoms with E-state index >= 15 is 0 Å². The van der Waals surface area contributed by atoms with Crippen LogP contribution < -0.4 is 4.74 Å². The molecule has 1 atom stereocenters. The molecule has 21 heavy (non-hydrogen) atoms. The fourth-order valence-corrected chi connectivity index (χ4v) is 2.08. The van der Waals surface area contributed by atoms with Crippen molar-refractivity contribution in [2.75, 3.05) is 7.11 Å². The molecule has 5 heteroatoms. The van der Waals surface area contributed by atoms with Crippen molar-refractivity contribution < 1.29 is 23.0 Å². The standard InChI is InChI=1S/C16H15F3O2/c1-15(20,13-4-3-5-14(10-13)21-2)11-6-8-12(9-7-11)16(17,18)19/h3-10,20H,1-2H3. The fourth-order valence-electron chi connectivity index (χ4n) is 2.08. The van der Waals surface area contributed by atoms with E-state index in [0.29, 0.717) is 16.9 Å². The highest BCUT2D eigenvalue weighted by Gasteiger charge is 2.32. The first-order chi connectivity index (χ1) is 9.75. The van der Waals surface area contributed by atoms with Gasteiger partial charge in [-0.2, -0.15) is 13.2 Å². The lowest BCUT2D eigenvalue weighted by Crippen LogP contribution is -2.23. The van der Waals surface area contributed by atoms with Crippen molar-refractivity contribution in [2.45, 2.75) is 18.7 Å². The maximum atomic E-state index is 12.6. The van der Waals surface area contributed by atoms with Crippen molar-refractivity contribution >= 4 is 0 Å². The molecule has 112 valence electrons. The average Bonchev–Trinajstić information content (AvgIpc) is 2.46. The van der Waals surface area contributed by atoms with E-state index in [9.17, 15) is 18.3 Å². The summed E-state index contributed by atoms with van der Waals surface area (Å²) in [6, 6.07) is 11.3. The number of rotatable bonds is 3. The number of halogens is 3. The highest BCUT2D eigenvalue weighted by Crippen LogP contribution is 2.34. The molecule has 0 heterocycles.